The molecule has 7 heavy (non-hydrogen) atoms. The van der Waals surface area contributed by atoms with Crippen molar-refractivity contribution in [2.45, 2.75) is 19.8 Å². The van der Waals surface area contributed by atoms with Crippen molar-refractivity contribution in [3.63, 3.8) is 0 Å². The van der Waals surface area contributed by atoms with Crippen LogP contribution in [0, 0.1) is 0 Å². The van der Waals surface area contributed by atoms with Crippen LogP contribution in [0.1, 0.15) is 22.6 Å². The van der Waals surface area contributed by atoms with Crippen molar-refractivity contribution in [1.82, 2.24) is 0 Å². The number of hydrogen-bond acceptors (Lipinski definition) is 1. The molecule has 0 spiro atoms. The number of hydrogen-bond donors (Lipinski definition) is 0. The van der Waals surface area contributed by atoms with E-state index in [1.807, 2.05) is 6.92 Å². The summed E-state index contributed by atoms with van der Waals surface area (Å²) in [4.78, 5) is 10.0. The summed E-state index contributed by atoms with van der Waals surface area (Å²) in [6.45, 7) is 2.00. The summed E-state index contributed by atoms with van der Waals surface area (Å²) in [7, 11) is 0. The third kappa shape index (κ3) is 11.0. The van der Waals surface area contributed by atoms with Crippen LogP contribution in [0.5, 0.6) is 0 Å². The Morgan fingerprint density at radius 2 is 2.29 bits per heavy atom. The number of rotatable bonds is 2. The van der Waals surface area contributed by atoms with Gasteiger partial charge in [-0.3, -0.25) is 4.79 Å². The molecule has 0 aliphatic heterocycles. The molecule has 0 aromatic heterocycles. The van der Waals surface area contributed by atoms with E-state index in [4.69, 9.17) is 0 Å². The number of carbonyl (C=O) groups excluding carboxylic acids is 1. The van der Waals surface area contributed by atoms with Crippen molar-refractivity contribution < 1.29 is 7.65 Å². The molecule has 0 amide bonds. The molecule has 40 valence electrons. The van der Waals surface area contributed by atoms with Crippen molar-refractivity contribution in [2.24, 2.45) is 0 Å². The number of halogens is 1. The summed E-state index contributed by atoms with van der Waals surface area (Å²) in [6.07, 6.45) is 1.70. The largest absolute Gasteiger partial charge is 2.00 e. The monoisotopic (exact) mass is 224 g/mol. The van der Waals surface area contributed by atoms with Crippen LogP contribution in [-0.4, -0.2) is 26.8 Å². The minimum Gasteiger partial charge on any atom is -1.00 e. The van der Waals surface area contributed by atoms with Crippen LogP contribution >= 0.6 is 22.6 Å². The van der Waals surface area contributed by atoms with E-state index >= 15 is 0 Å². The molecule has 0 rings (SSSR count). The van der Waals surface area contributed by atoms with Gasteiger partial charge in [-0.1, -0.05) is 6.92 Å². The summed E-state index contributed by atoms with van der Waals surface area (Å²) in [6, 6.07) is 0. The molecule has 1 nitrogen and oxygen atoms in total. The minimum absolute atomic E-state index is 0. The average Bonchev–Trinajstić information content (AvgIpc) is 1.35. The fourth-order valence-electron chi connectivity index (χ4n) is 0.197. The zero-order valence-corrected chi connectivity index (χ0v) is 7.98. The van der Waals surface area contributed by atoms with Crippen LogP contribution in [0.15, 0.2) is 0 Å². The molecule has 0 aromatic rings. The molecule has 0 N–H and O–H groups in total. The molecule has 0 atom stereocenters. The maximum atomic E-state index is 10.0. The molecule has 3 heteroatoms. The summed E-state index contributed by atoms with van der Waals surface area (Å²) >= 11 is 1.80. The Bertz CT molecular complexity index is 62.5. The van der Waals surface area contributed by atoms with Crippen LogP contribution in [-0.2, 0) is 4.79 Å². The fraction of sp³-hybridized carbons (Fsp3) is 0.750. The SMILES string of the molecule is CCCC(=O)I.[H-].[H-].[Mg+2]. The second-order valence-corrected chi connectivity index (χ2v) is 2.31. The second kappa shape index (κ2) is 7.17. The normalized spacial score (nSPS) is 7.14. The Morgan fingerprint density at radius 3 is 2.29 bits per heavy atom. The van der Waals surface area contributed by atoms with Crippen LogP contribution in [0.3, 0.4) is 0 Å². The van der Waals surface area contributed by atoms with E-state index in [2.05, 4.69) is 0 Å². The first-order valence-electron chi connectivity index (χ1n) is 1.95. The maximum Gasteiger partial charge on any atom is 2.00 e. The molecule has 0 bridgehead atoms. The van der Waals surface area contributed by atoms with Crippen molar-refractivity contribution >= 4 is 49.4 Å². The molecule has 0 radical (unpaired) electrons. The van der Waals surface area contributed by atoms with E-state index in [0.29, 0.717) is 0 Å². The predicted octanol–water partition coefficient (Wildman–Crippen LogP) is 1.59. The minimum atomic E-state index is 0. The first kappa shape index (κ1) is 11.0. The topological polar surface area (TPSA) is 17.1 Å². The molecule has 0 fully saturated rings. The van der Waals surface area contributed by atoms with E-state index in [9.17, 15) is 4.79 Å². The van der Waals surface area contributed by atoms with Gasteiger partial charge in [0.25, 0.3) is 0 Å². The van der Waals surface area contributed by atoms with Gasteiger partial charge in [-0.25, -0.2) is 0 Å². The molecule has 0 saturated heterocycles. The zero-order chi connectivity index (χ0) is 4.99. The van der Waals surface area contributed by atoms with E-state index in [1.165, 1.54) is 0 Å². The van der Waals surface area contributed by atoms with Gasteiger partial charge in [0, 0.05) is 6.42 Å². The molecular weight excluding hydrogens is 215 g/mol. The Balaban J connectivity index is -0.0000000417. The second-order valence-electron chi connectivity index (χ2n) is 1.11. The molecule has 0 saturated carbocycles. The van der Waals surface area contributed by atoms with Crippen molar-refractivity contribution in [3.8, 4) is 0 Å². The van der Waals surface area contributed by atoms with Crippen molar-refractivity contribution in [3.05, 3.63) is 0 Å². The Morgan fingerprint density at radius 1 is 1.86 bits per heavy atom. The number of carbonyl (C=O) groups is 1. The third-order valence-corrected chi connectivity index (χ3v) is 0.986. The van der Waals surface area contributed by atoms with Gasteiger partial charge in [0.15, 0.2) is 3.79 Å². The molecule has 0 heterocycles. The smallest absolute Gasteiger partial charge is 1.00 e. The van der Waals surface area contributed by atoms with Crippen LogP contribution in [0.25, 0.3) is 0 Å². The van der Waals surface area contributed by atoms with Gasteiger partial charge in [-0.15, -0.1) is 0 Å². The Labute approximate surface area is 76.5 Å². The molecule has 0 aromatic carbocycles. The Kier molecular flexibility index (Phi) is 11.3. The Hall–Kier alpha value is 1.17. The fourth-order valence-corrected chi connectivity index (χ4v) is 0.736. The molecular formula is C4H9IMgO. The zero-order valence-electron chi connectivity index (χ0n) is 6.41. The van der Waals surface area contributed by atoms with Gasteiger partial charge in [0.05, 0.1) is 0 Å². The molecule has 0 aliphatic rings. The van der Waals surface area contributed by atoms with E-state index in [0.717, 1.165) is 12.8 Å². The van der Waals surface area contributed by atoms with E-state index < -0.39 is 0 Å². The molecule has 0 aliphatic carbocycles. The predicted molar refractivity (Wildman–Crippen MR) is 41.9 cm³/mol. The van der Waals surface area contributed by atoms with Gasteiger partial charge < -0.3 is 2.85 Å². The van der Waals surface area contributed by atoms with E-state index in [-0.39, 0.29) is 29.7 Å². The van der Waals surface area contributed by atoms with Gasteiger partial charge in [0.2, 0.25) is 0 Å². The summed E-state index contributed by atoms with van der Waals surface area (Å²) in [5.41, 5.74) is 0. The summed E-state index contributed by atoms with van der Waals surface area (Å²) < 4.78 is 0.259. The summed E-state index contributed by atoms with van der Waals surface area (Å²) in [5, 5.41) is 0. The van der Waals surface area contributed by atoms with E-state index in [1.54, 1.807) is 22.6 Å². The van der Waals surface area contributed by atoms with Crippen LogP contribution in [0.4, 0.5) is 0 Å². The maximum absolute atomic E-state index is 10.0. The van der Waals surface area contributed by atoms with Gasteiger partial charge >= 0.3 is 23.1 Å². The van der Waals surface area contributed by atoms with Crippen LogP contribution < -0.4 is 0 Å². The molecule has 0 unspecified atom stereocenters. The van der Waals surface area contributed by atoms with Crippen molar-refractivity contribution in [2.75, 3.05) is 0 Å². The van der Waals surface area contributed by atoms with Gasteiger partial charge in [-0.05, 0) is 29.0 Å². The standard InChI is InChI=1S/C4H7IO.Mg.2H/c1-2-3-4(5)6;;;/h2-3H2,1H3;;;/q;+2;2*-1. The van der Waals surface area contributed by atoms with Gasteiger partial charge in [0.1, 0.15) is 0 Å². The quantitative estimate of drug-likeness (QED) is 0.395. The van der Waals surface area contributed by atoms with Crippen LogP contribution in [0.2, 0.25) is 0 Å². The third-order valence-electron chi connectivity index (χ3n) is 0.447. The summed E-state index contributed by atoms with van der Waals surface area (Å²) in [5.74, 6) is 0. The van der Waals surface area contributed by atoms with Crippen molar-refractivity contribution in [1.29, 1.82) is 0 Å². The first-order valence-corrected chi connectivity index (χ1v) is 3.03. The van der Waals surface area contributed by atoms with Gasteiger partial charge in [-0.2, -0.15) is 0 Å². The average molecular weight is 224 g/mol. The first-order chi connectivity index (χ1) is 2.77.